The molecule has 0 bridgehead atoms. The lowest BCUT2D eigenvalue weighted by atomic mass is 9.92. The Hall–Kier alpha value is -19.6. The third-order valence-corrected chi connectivity index (χ3v) is 30.2. The molecular formula is C146H97N3. The Bertz CT molecular complexity index is 10300. The van der Waals surface area contributed by atoms with Crippen LogP contribution in [0.15, 0.2) is 588 Å². The minimum absolute atomic E-state index is 1.11. The Morgan fingerprint density at radius 1 is 0.0872 bits per heavy atom. The molecule has 29 rings (SSSR count). The molecule has 0 spiro atoms. The van der Waals surface area contributed by atoms with Crippen LogP contribution in [-0.2, 0) is 0 Å². The van der Waals surface area contributed by atoms with Crippen molar-refractivity contribution < 1.29 is 0 Å². The van der Waals surface area contributed by atoms with Crippen LogP contribution < -0.4 is 14.7 Å². The van der Waals surface area contributed by atoms with E-state index in [9.17, 15) is 0 Å². The fraction of sp³-hybridized carbons (Fsp3) is 0. The Kier molecular flexibility index (Phi) is 22.7. The van der Waals surface area contributed by atoms with E-state index in [0.29, 0.717) is 0 Å². The lowest BCUT2D eigenvalue weighted by Gasteiger charge is -2.30. The topological polar surface area (TPSA) is 9.72 Å². The number of hydrogen-bond donors (Lipinski definition) is 0. The summed E-state index contributed by atoms with van der Waals surface area (Å²) >= 11 is 0. The van der Waals surface area contributed by atoms with Crippen LogP contribution in [0.5, 0.6) is 0 Å². The van der Waals surface area contributed by atoms with Gasteiger partial charge in [-0.3, -0.25) is 0 Å². The minimum Gasteiger partial charge on any atom is -0.310 e. The lowest BCUT2D eigenvalue weighted by Crippen LogP contribution is -2.12. The summed E-state index contributed by atoms with van der Waals surface area (Å²) in [7, 11) is 0. The van der Waals surface area contributed by atoms with Gasteiger partial charge in [-0.2, -0.15) is 0 Å². The van der Waals surface area contributed by atoms with E-state index in [0.717, 1.165) is 51.2 Å². The Morgan fingerprint density at radius 2 is 0.342 bits per heavy atom. The molecular weight excluding hydrogens is 1800 g/mol. The van der Waals surface area contributed by atoms with Crippen LogP contribution in [-0.4, -0.2) is 0 Å². The quantitative estimate of drug-likeness (QED) is 0.0947. The highest BCUT2D eigenvalue weighted by Gasteiger charge is 2.26. The van der Waals surface area contributed by atoms with Gasteiger partial charge in [0.1, 0.15) is 0 Å². The van der Waals surface area contributed by atoms with Crippen LogP contribution in [0.4, 0.5) is 51.2 Å². The summed E-state index contributed by atoms with van der Waals surface area (Å²) in [5.41, 5.74) is 24.7. The van der Waals surface area contributed by atoms with E-state index >= 15 is 0 Å². The average Bonchev–Trinajstić information content (AvgIpc) is 0.745. The van der Waals surface area contributed by atoms with Gasteiger partial charge < -0.3 is 14.7 Å². The second kappa shape index (κ2) is 38.3. The summed E-state index contributed by atoms with van der Waals surface area (Å²) in [6.07, 6.45) is 0. The highest BCUT2D eigenvalue weighted by atomic mass is 15.2. The molecule has 0 N–H and O–H groups in total. The first kappa shape index (κ1) is 88.4. The largest absolute Gasteiger partial charge is 0.310 e. The number of hydrogen-bond acceptors (Lipinski definition) is 3. The van der Waals surface area contributed by atoms with E-state index < -0.39 is 0 Å². The number of rotatable bonds is 15. The van der Waals surface area contributed by atoms with Gasteiger partial charge in [-0.15, -0.1) is 0 Å². The molecule has 29 aromatic carbocycles. The molecule has 0 atom stereocenters. The molecule has 696 valence electrons. The summed E-state index contributed by atoms with van der Waals surface area (Å²) in [6.45, 7) is 0. The maximum absolute atomic E-state index is 2.46. The maximum atomic E-state index is 2.46. The molecule has 3 nitrogen and oxygen atoms in total. The Labute approximate surface area is 865 Å². The van der Waals surface area contributed by atoms with Crippen molar-refractivity contribution >= 4 is 202 Å². The second-order valence-electron chi connectivity index (χ2n) is 38.8. The normalized spacial score (nSPS) is 11.5. The first-order valence-electron chi connectivity index (χ1n) is 51.4. The second-order valence-corrected chi connectivity index (χ2v) is 38.8. The lowest BCUT2D eigenvalue weighted by molar-refractivity contribution is 1.30. The predicted octanol–water partition coefficient (Wildman–Crippen LogP) is 41.6. The first-order chi connectivity index (χ1) is 73.9. The molecule has 0 aliphatic rings. The molecule has 3 heteroatoms. The standard InChI is InChI=1S/2C50H33N.C46H31N/c1-4-19-41-34(13-1)16-12-26-42(41)35-27-29-39(30-28-35)51(50-33-38-15-3-6-21-44(38)46-23-9-10-25-48(46)50)40-18-11-17-36(31-40)49-32-37-14-2-5-20-43(37)45-22-7-8-24-47(45)49;1-2-13-36-30-37(25-24-34(36)12-1)35-26-28-41(29-27-35)51(50-33-40-15-4-6-19-44(40)46-21-9-10-23-48(46)50)42-17-11-16-38(31-42)49-32-39-14-3-5-18-43(39)45-20-7-8-22-47(45)49;1-2-15-32(16-3-1)39-23-12-13-28-45(39)47(46-31-35-18-5-7-22-38(35)41-25-10-11-27-43(41)46)36-20-14-19-33(29-36)44-30-34-17-4-6-21-37(34)40-24-8-9-26-42(40)44/h2*1-33H;1-31H. The van der Waals surface area contributed by atoms with Crippen molar-refractivity contribution in [1.82, 2.24) is 0 Å². The van der Waals surface area contributed by atoms with E-state index in [1.807, 2.05) is 0 Å². The Balaban J connectivity index is 0.000000110. The fourth-order valence-corrected chi connectivity index (χ4v) is 23.2. The molecule has 0 radical (unpaired) electrons. The third kappa shape index (κ3) is 16.3. The first-order valence-corrected chi connectivity index (χ1v) is 51.4. The van der Waals surface area contributed by atoms with Gasteiger partial charge in [-0.05, 0) is 305 Å². The van der Waals surface area contributed by atoms with Crippen LogP contribution in [0.25, 0.3) is 218 Å². The van der Waals surface area contributed by atoms with Crippen molar-refractivity contribution in [2.75, 3.05) is 14.7 Å². The third-order valence-electron chi connectivity index (χ3n) is 30.2. The van der Waals surface area contributed by atoms with Crippen molar-refractivity contribution in [1.29, 1.82) is 0 Å². The van der Waals surface area contributed by atoms with E-state index in [1.165, 1.54) is 218 Å². The van der Waals surface area contributed by atoms with Gasteiger partial charge in [-0.1, -0.05) is 479 Å². The average molecular weight is 1890 g/mol. The number of fused-ring (bicyclic) bond motifs is 20. The predicted molar refractivity (Wildman–Crippen MR) is 641 cm³/mol. The van der Waals surface area contributed by atoms with Gasteiger partial charge >= 0.3 is 0 Å². The number of benzene rings is 29. The van der Waals surface area contributed by atoms with Gasteiger partial charge in [0, 0.05) is 50.2 Å². The molecule has 0 heterocycles. The van der Waals surface area contributed by atoms with Crippen molar-refractivity contribution in [2.24, 2.45) is 0 Å². The molecule has 0 saturated carbocycles. The van der Waals surface area contributed by atoms with Gasteiger partial charge in [0.2, 0.25) is 0 Å². The van der Waals surface area contributed by atoms with Crippen LogP contribution >= 0.6 is 0 Å². The summed E-state index contributed by atoms with van der Waals surface area (Å²) in [4.78, 5) is 7.34. The SMILES string of the molecule is c1cc(-c2cc3ccccc3c3ccccc23)cc(N(c2ccc(-c3ccc4ccccc4c3)cc2)c2cc3ccccc3c3ccccc23)c1.c1cc(-c2cc3ccccc3c3ccccc23)cc(N(c2ccc(-c3cccc4ccccc34)cc2)c2cc3ccccc3c3ccccc23)c1.c1ccc(-c2ccccc2N(c2cccc(-c3cc4ccccc4c4ccccc34)c2)c2cc3ccccc3c3ccccc23)cc1. The van der Waals surface area contributed by atoms with E-state index in [-0.39, 0.29) is 0 Å². The van der Waals surface area contributed by atoms with Crippen LogP contribution in [0.2, 0.25) is 0 Å². The highest BCUT2D eigenvalue weighted by molar-refractivity contribution is 6.22. The molecule has 0 amide bonds. The molecule has 0 aromatic heterocycles. The van der Waals surface area contributed by atoms with Gasteiger partial charge in [0.15, 0.2) is 0 Å². The molecule has 0 aliphatic heterocycles. The van der Waals surface area contributed by atoms with Crippen LogP contribution in [0, 0.1) is 0 Å². The summed E-state index contributed by atoms with van der Waals surface area (Å²) in [5, 5.41) is 35.1. The van der Waals surface area contributed by atoms with Gasteiger partial charge in [0.25, 0.3) is 0 Å². The Morgan fingerprint density at radius 3 is 0.745 bits per heavy atom. The zero-order chi connectivity index (χ0) is 98.6. The summed E-state index contributed by atoms with van der Waals surface area (Å²) in [6, 6.07) is 215. The summed E-state index contributed by atoms with van der Waals surface area (Å²) < 4.78 is 0. The number of nitrogens with zero attached hydrogens (tertiary/aromatic N) is 3. The molecule has 0 unspecified atom stereocenters. The number of anilines is 9. The van der Waals surface area contributed by atoms with Crippen molar-refractivity contribution in [3.05, 3.63) is 588 Å². The molecule has 0 aliphatic carbocycles. The van der Waals surface area contributed by atoms with E-state index in [4.69, 9.17) is 0 Å². The van der Waals surface area contributed by atoms with Crippen LogP contribution in [0.1, 0.15) is 0 Å². The van der Waals surface area contributed by atoms with E-state index in [1.54, 1.807) is 0 Å². The monoisotopic (exact) mass is 1890 g/mol. The molecule has 149 heavy (non-hydrogen) atoms. The minimum atomic E-state index is 1.11. The van der Waals surface area contributed by atoms with Crippen molar-refractivity contribution in [3.8, 4) is 66.8 Å². The van der Waals surface area contributed by atoms with Crippen molar-refractivity contribution in [3.63, 3.8) is 0 Å². The molecule has 0 saturated heterocycles. The van der Waals surface area contributed by atoms with E-state index in [2.05, 4.69) is 603 Å². The summed E-state index contributed by atoms with van der Waals surface area (Å²) in [5.74, 6) is 0. The molecule has 29 aromatic rings. The smallest absolute Gasteiger partial charge is 0.0546 e. The molecule has 0 fully saturated rings. The van der Waals surface area contributed by atoms with Crippen molar-refractivity contribution in [2.45, 2.75) is 0 Å². The maximum Gasteiger partial charge on any atom is 0.0546 e. The fourth-order valence-electron chi connectivity index (χ4n) is 23.2. The van der Waals surface area contributed by atoms with Gasteiger partial charge in [0.05, 0.1) is 22.7 Å². The van der Waals surface area contributed by atoms with Gasteiger partial charge in [-0.25, -0.2) is 0 Å². The van der Waals surface area contributed by atoms with Crippen LogP contribution in [0.3, 0.4) is 0 Å². The number of para-hydroxylation sites is 1. The zero-order valence-electron chi connectivity index (χ0n) is 81.8. The highest BCUT2D eigenvalue weighted by Crippen LogP contribution is 2.52. The zero-order valence-corrected chi connectivity index (χ0v) is 81.8.